The molecule has 4 heteroatoms. The number of benzene rings is 1. The summed E-state index contributed by atoms with van der Waals surface area (Å²) < 4.78 is 0. The third-order valence-corrected chi connectivity index (χ3v) is 3.78. The van der Waals surface area contributed by atoms with E-state index in [0.29, 0.717) is 12.5 Å². The van der Waals surface area contributed by atoms with Crippen LogP contribution in [0.25, 0.3) is 0 Å². The number of hydrogen-bond donors (Lipinski definition) is 2. The van der Waals surface area contributed by atoms with E-state index in [1.54, 1.807) is 0 Å². The van der Waals surface area contributed by atoms with E-state index in [1.165, 1.54) is 0 Å². The van der Waals surface area contributed by atoms with Crippen molar-refractivity contribution < 1.29 is 9.90 Å². The van der Waals surface area contributed by atoms with E-state index < -0.39 is 0 Å². The summed E-state index contributed by atoms with van der Waals surface area (Å²) in [7, 11) is 0. The van der Waals surface area contributed by atoms with Gasteiger partial charge in [0.2, 0.25) is 5.91 Å². The molecule has 110 valence electrons. The van der Waals surface area contributed by atoms with Gasteiger partial charge in [0.05, 0.1) is 12.6 Å². The number of nitrogens with zero attached hydrogens (tertiary/aromatic N) is 1. The van der Waals surface area contributed by atoms with Gasteiger partial charge in [0.25, 0.3) is 0 Å². The number of aliphatic hydroxyl groups excluding tert-OH is 1. The zero-order valence-corrected chi connectivity index (χ0v) is 12.3. The topological polar surface area (TPSA) is 52.6 Å². The number of likely N-dealkylation sites (tertiary alicyclic amines) is 1. The van der Waals surface area contributed by atoms with Crippen LogP contribution < -0.4 is 5.32 Å². The van der Waals surface area contributed by atoms with Crippen molar-refractivity contribution in [2.45, 2.75) is 38.7 Å². The van der Waals surface area contributed by atoms with Gasteiger partial charge in [-0.2, -0.15) is 0 Å². The molecule has 1 heterocycles. The maximum absolute atomic E-state index is 12.1. The van der Waals surface area contributed by atoms with Crippen LogP contribution in [0.1, 0.15) is 38.2 Å². The Morgan fingerprint density at radius 1 is 1.35 bits per heavy atom. The number of anilines is 1. The van der Waals surface area contributed by atoms with E-state index >= 15 is 0 Å². The van der Waals surface area contributed by atoms with Gasteiger partial charge in [0.1, 0.15) is 0 Å². The molecule has 0 aliphatic carbocycles. The number of hydrogen-bond acceptors (Lipinski definition) is 3. The lowest BCUT2D eigenvalue weighted by atomic mass is 10.0. The molecular weight excluding hydrogens is 252 g/mol. The van der Waals surface area contributed by atoms with Gasteiger partial charge in [-0.05, 0) is 30.4 Å². The fraction of sp³-hybridized carbons (Fsp3) is 0.562. The molecule has 0 aromatic heterocycles. The predicted molar refractivity (Wildman–Crippen MR) is 80.8 cm³/mol. The summed E-state index contributed by atoms with van der Waals surface area (Å²) in [5.74, 6) is 0.408. The first-order valence-electron chi connectivity index (χ1n) is 7.35. The molecule has 0 spiro atoms. The van der Waals surface area contributed by atoms with Crippen molar-refractivity contribution in [1.82, 2.24) is 4.90 Å². The third-order valence-electron chi connectivity index (χ3n) is 3.78. The van der Waals surface area contributed by atoms with Crippen LogP contribution in [-0.2, 0) is 4.79 Å². The van der Waals surface area contributed by atoms with Crippen LogP contribution in [-0.4, -0.2) is 41.7 Å². The second kappa shape index (κ2) is 6.86. The minimum atomic E-state index is -0.198. The summed E-state index contributed by atoms with van der Waals surface area (Å²) >= 11 is 0. The number of para-hydroxylation sites is 1. The van der Waals surface area contributed by atoms with Crippen molar-refractivity contribution in [1.29, 1.82) is 0 Å². The van der Waals surface area contributed by atoms with E-state index in [2.05, 4.69) is 30.1 Å². The normalized spacial score (nSPS) is 17.4. The van der Waals surface area contributed by atoms with Crippen molar-refractivity contribution in [3.05, 3.63) is 29.8 Å². The largest absolute Gasteiger partial charge is 0.393 e. The first-order chi connectivity index (χ1) is 9.56. The molecular formula is C16H24N2O2. The molecule has 0 unspecified atom stereocenters. The second-order valence-electron chi connectivity index (χ2n) is 5.80. The highest BCUT2D eigenvalue weighted by Crippen LogP contribution is 2.23. The zero-order chi connectivity index (χ0) is 14.5. The summed E-state index contributed by atoms with van der Waals surface area (Å²) in [4.78, 5) is 14.2. The van der Waals surface area contributed by atoms with E-state index in [1.807, 2.05) is 18.2 Å². The summed E-state index contributed by atoms with van der Waals surface area (Å²) in [6.45, 7) is 6.23. The Balaban J connectivity index is 1.91. The van der Waals surface area contributed by atoms with Crippen molar-refractivity contribution in [2.75, 3.05) is 25.0 Å². The van der Waals surface area contributed by atoms with Crippen molar-refractivity contribution in [3.8, 4) is 0 Å². The number of piperidine rings is 1. The Labute approximate surface area is 120 Å². The molecule has 1 aromatic rings. The molecule has 1 fully saturated rings. The highest BCUT2D eigenvalue weighted by molar-refractivity contribution is 5.93. The lowest BCUT2D eigenvalue weighted by molar-refractivity contribution is -0.117. The third kappa shape index (κ3) is 4.05. The molecule has 0 bridgehead atoms. The molecule has 2 N–H and O–H groups in total. The van der Waals surface area contributed by atoms with Gasteiger partial charge in [-0.1, -0.05) is 32.0 Å². The van der Waals surface area contributed by atoms with Crippen LogP contribution in [0.2, 0.25) is 0 Å². The van der Waals surface area contributed by atoms with Crippen molar-refractivity contribution in [3.63, 3.8) is 0 Å². The molecule has 1 aliphatic rings. The summed E-state index contributed by atoms with van der Waals surface area (Å²) in [5, 5.41) is 12.5. The minimum Gasteiger partial charge on any atom is -0.393 e. The highest BCUT2D eigenvalue weighted by atomic mass is 16.3. The number of aliphatic hydroxyl groups is 1. The van der Waals surface area contributed by atoms with Gasteiger partial charge >= 0.3 is 0 Å². The van der Waals surface area contributed by atoms with E-state index in [0.717, 1.165) is 37.2 Å². The molecule has 2 rings (SSSR count). The average molecular weight is 276 g/mol. The fourth-order valence-electron chi connectivity index (χ4n) is 2.58. The number of carbonyl (C=O) groups excluding carboxylic acids is 1. The molecule has 0 radical (unpaired) electrons. The Kier molecular flexibility index (Phi) is 5.15. The summed E-state index contributed by atoms with van der Waals surface area (Å²) in [5.41, 5.74) is 2.07. The molecule has 1 aliphatic heterocycles. The number of rotatable bonds is 4. The van der Waals surface area contributed by atoms with E-state index in [9.17, 15) is 9.90 Å². The van der Waals surface area contributed by atoms with Crippen LogP contribution in [0.5, 0.6) is 0 Å². The first-order valence-corrected chi connectivity index (χ1v) is 7.35. The Morgan fingerprint density at radius 3 is 2.65 bits per heavy atom. The lowest BCUT2D eigenvalue weighted by Crippen LogP contribution is -2.40. The summed E-state index contributed by atoms with van der Waals surface area (Å²) in [6.07, 6.45) is 1.32. The monoisotopic (exact) mass is 276 g/mol. The van der Waals surface area contributed by atoms with Crippen LogP contribution in [0, 0.1) is 0 Å². The summed E-state index contributed by atoms with van der Waals surface area (Å²) in [6, 6.07) is 7.94. The molecule has 4 nitrogen and oxygen atoms in total. The number of carbonyl (C=O) groups is 1. The van der Waals surface area contributed by atoms with Crippen LogP contribution in [0.3, 0.4) is 0 Å². The Bertz CT molecular complexity index is 452. The molecule has 1 aromatic carbocycles. The number of nitrogens with one attached hydrogen (secondary N) is 1. The van der Waals surface area contributed by atoms with Gasteiger partial charge in [-0.3, -0.25) is 9.69 Å². The quantitative estimate of drug-likeness (QED) is 0.886. The van der Waals surface area contributed by atoms with Crippen molar-refractivity contribution in [2.24, 2.45) is 0 Å². The standard InChI is InChI=1S/C16H24N2O2/c1-12(2)14-5-3-4-6-15(14)17-16(20)11-18-9-7-13(19)8-10-18/h3-6,12-13,19H,7-11H2,1-2H3,(H,17,20). The van der Waals surface area contributed by atoms with E-state index in [4.69, 9.17) is 0 Å². The van der Waals surface area contributed by atoms with Gasteiger partial charge < -0.3 is 10.4 Å². The van der Waals surface area contributed by atoms with Gasteiger partial charge in [-0.25, -0.2) is 0 Å². The van der Waals surface area contributed by atoms with Gasteiger partial charge in [0, 0.05) is 18.8 Å². The number of amides is 1. The SMILES string of the molecule is CC(C)c1ccccc1NC(=O)CN1CCC(O)CC1. The molecule has 20 heavy (non-hydrogen) atoms. The second-order valence-corrected chi connectivity index (χ2v) is 5.80. The van der Waals surface area contributed by atoms with E-state index in [-0.39, 0.29) is 12.0 Å². The lowest BCUT2D eigenvalue weighted by Gasteiger charge is -2.28. The first kappa shape index (κ1) is 15.0. The molecule has 1 saturated heterocycles. The molecule has 0 atom stereocenters. The fourth-order valence-corrected chi connectivity index (χ4v) is 2.58. The predicted octanol–water partition coefficient (Wildman–Crippen LogP) is 2.21. The average Bonchev–Trinajstić information content (AvgIpc) is 2.41. The highest BCUT2D eigenvalue weighted by Gasteiger charge is 2.19. The molecule has 0 saturated carbocycles. The minimum absolute atomic E-state index is 0.0227. The van der Waals surface area contributed by atoms with Crippen LogP contribution in [0.4, 0.5) is 5.69 Å². The van der Waals surface area contributed by atoms with Crippen LogP contribution in [0.15, 0.2) is 24.3 Å². The smallest absolute Gasteiger partial charge is 0.238 e. The van der Waals surface area contributed by atoms with Gasteiger partial charge in [0.15, 0.2) is 0 Å². The maximum Gasteiger partial charge on any atom is 0.238 e. The van der Waals surface area contributed by atoms with Crippen molar-refractivity contribution >= 4 is 11.6 Å². The van der Waals surface area contributed by atoms with Crippen LogP contribution >= 0.6 is 0 Å². The zero-order valence-electron chi connectivity index (χ0n) is 12.3. The Hall–Kier alpha value is -1.39. The Morgan fingerprint density at radius 2 is 2.00 bits per heavy atom. The molecule has 1 amide bonds. The maximum atomic E-state index is 12.1. The van der Waals surface area contributed by atoms with Gasteiger partial charge in [-0.15, -0.1) is 0 Å².